The summed E-state index contributed by atoms with van der Waals surface area (Å²) in [6, 6.07) is 7.99. The van der Waals surface area contributed by atoms with Crippen LogP contribution in [0.2, 0.25) is 0 Å². The van der Waals surface area contributed by atoms with Crippen molar-refractivity contribution in [3.63, 3.8) is 0 Å². The van der Waals surface area contributed by atoms with Crippen LogP contribution in [0.5, 0.6) is 0 Å². The smallest absolute Gasteiger partial charge is 0.274 e. The Balaban J connectivity index is 1.42. The molecule has 3 aromatic rings. The molecule has 28 heavy (non-hydrogen) atoms. The minimum Gasteiger partial charge on any atom is -0.339 e. The molecule has 144 valence electrons. The highest BCUT2D eigenvalue weighted by Gasteiger charge is 2.27. The Hall–Kier alpha value is -3.09. The number of carbonyl (C=O) groups is 1. The van der Waals surface area contributed by atoms with E-state index in [0.29, 0.717) is 36.3 Å². The van der Waals surface area contributed by atoms with Gasteiger partial charge in [-0.05, 0) is 38.2 Å². The molecular weight excluding hydrogens is 354 g/mol. The fourth-order valence-electron chi connectivity index (χ4n) is 3.60. The van der Waals surface area contributed by atoms with E-state index in [9.17, 15) is 4.79 Å². The molecule has 4 rings (SSSR count). The molecule has 0 N–H and O–H groups in total. The van der Waals surface area contributed by atoms with Gasteiger partial charge in [0.25, 0.3) is 5.91 Å². The Kier molecular flexibility index (Phi) is 5.14. The first kappa shape index (κ1) is 18.3. The fourth-order valence-corrected chi connectivity index (χ4v) is 3.60. The predicted molar refractivity (Wildman–Crippen MR) is 104 cm³/mol. The average molecular weight is 377 g/mol. The van der Waals surface area contributed by atoms with Gasteiger partial charge in [-0.25, -0.2) is 4.98 Å². The molecule has 1 saturated heterocycles. The minimum absolute atomic E-state index is 0.0664. The Bertz CT molecular complexity index is 967. The predicted octanol–water partition coefficient (Wildman–Crippen LogP) is 3.24. The fraction of sp³-hybridized carbons (Fsp3) is 0.381. The van der Waals surface area contributed by atoms with Crippen molar-refractivity contribution in [1.82, 2.24) is 25.0 Å². The highest BCUT2D eigenvalue weighted by molar-refractivity contribution is 5.92. The van der Waals surface area contributed by atoms with E-state index >= 15 is 0 Å². The number of hydrogen-bond donors (Lipinski definition) is 0. The molecule has 0 spiro atoms. The maximum atomic E-state index is 12.7. The van der Waals surface area contributed by atoms with E-state index in [4.69, 9.17) is 4.52 Å². The molecular formula is C21H23N5O2. The van der Waals surface area contributed by atoms with Crippen LogP contribution < -0.4 is 0 Å². The molecule has 0 saturated carbocycles. The highest BCUT2D eigenvalue weighted by atomic mass is 16.5. The second kappa shape index (κ2) is 7.88. The Labute approximate surface area is 163 Å². The lowest BCUT2D eigenvalue weighted by molar-refractivity contribution is 0.0661. The molecule has 1 amide bonds. The normalized spacial score (nSPS) is 16.9. The second-order valence-corrected chi connectivity index (χ2v) is 7.33. The lowest BCUT2D eigenvalue weighted by atomic mass is 9.94. The lowest BCUT2D eigenvalue weighted by Gasteiger charge is -2.31. The third-order valence-electron chi connectivity index (χ3n) is 5.12. The molecule has 1 atom stereocenters. The topological polar surface area (TPSA) is 85.0 Å². The number of aromatic nitrogens is 4. The van der Waals surface area contributed by atoms with Gasteiger partial charge in [-0.1, -0.05) is 29.4 Å². The highest BCUT2D eigenvalue weighted by Crippen LogP contribution is 2.24. The summed E-state index contributed by atoms with van der Waals surface area (Å²) < 4.78 is 5.48. The Morgan fingerprint density at radius 2 is 2.07 bits per heavy atom. The number of aryl methyl sites for hydroxylation is 2. The summed E-state index contributed by atoms with van der Waals surface area (Å²) in [6.45, 7) is 5.29. The number of carbonyl (C=O) groups excluding carboxylic acids is 1. The summed E-state index contributed by atoms with van der Waals surface area (Å²) in [5.74, 6) is 1.46. The zero-order chi connectivity index (χ0) is 19.5. The van der Waals surface area contributed by atoms with Crippen LogP contribution >= 0.6 is 0 Å². The third-order valence-corrected chi connectivity index (χ3v) is 5.12. The molecule has 3 heterocycles. The largest absolute Gasteiger partial charge is 0.339 e. The summed E-state index contributed by atoms with van der Waals surface area (Å²) in [4.78, 5) is 27.5. The molecule has 0 bridgehead atoms. The molecule has 7 nitrogen and oxygen atoms in total. The van der Waals surface area contributed by atoms with E-state index in [-0.39, 0.29) is 5.91 Å². The molecule has 2 aromatic heterocycles. The molecule has 0 unspecified atom stereocenters. The number of likely N-dealkylation sites (tertiary alicyclic amines) is 1. The number of rotatable bonds is 4. The Morgan fingerprint density at radius 3 is 2.86 bits per heavy atom. The summed E-state index contributed by atoms with van der Waals surface area (Å²) in [5.41, 5.74) is 3.29. The van der Waals surface area contributed by atoms with Crippen LogP contribution in [-0.2, 0) is 6.42 Å². The van der Waals surface area contributed by atoms with E-state index in [1.54, 1.807) is 12.4 Å². The zero-order valence-corrected chi connectivity index (χ0v) is 16.1. The van der Waals surface area contributed by atoms with Crippen LogP contribution in [0, 0.1) is 19.8 Å². The third kappa shape index (κ3) is 3.93. The van der Waals surface area contributed by atoms with E-state index in [2.05, 4.69) is 20.1 Å². The lowest BCUT2D eigenvalue weighted by Crippen LogP contribution is -2.41. The van der Waals surface area contributed by atoms with Crippen LogP contribution in [-0.4, -0.2) is 44.0 Å². The molecule has 7 heteroatoms. The van der Waals surface area contributed by atoms with Gasteiger partial charge in [0.1, 0.15) is 5.69 Å². The number of nitrogens with zero attached hydrogens (tertiary/aromatic N) is 5. The average Bonchev–Trinajstić information content (AvgIpc) is 3.17. The van der Waals surface area contributed by atoms with E-state index in [1.807, 2.05) is 43.0 Å². The van der Waals surface area contributed by atoms with Gasteiger partial charge in [-0.3, -0.25) is 9.78 Å². The minimum atomic E-state index is -0.0664. The quantitative estimate of drug-likeness (QED) is 0.694. The van der Waals surface area contributed by atoms with Gasteiger partial charge in [-0.2, -0.15) is 4.98 Å². The van der Waals surface area contributed by atoms with Crippen molar-refractivity contribution in [3.8, 4) is 11.4 Å². The van der Waals surface area contributed by atoms with Crippen molar-refractivity contribution in [2.24, 2.45) is 5.92 Å². The monoisotopic (exact) mass is 377 g/mol. The molecule has 0 radical (unpaired) electrons. The molecule has 1 fully saturated rings. The van der Waals surface area contributed by atoms with Gasteiger partial charge >= 0.3 is 0 Å². The van der Waals surface area contributed by atoms with Crippen molar-refractivity contribution in [3.05, 3.63) is 59.5 Å². The van der Waals surface area contributed by atoms with Crippen LogP contribution in [0.1, 0.15) is 40.5 Å². The van der Waals surface area contributed by atoms with Crippen molar-refractivity contribution in [1.29, 1.82) is 0 Å². The van der Waals surface area contributed by atoms with Crippen LogP contribution in [0.4, 0.5) is 0 Å². The van der Waals surface area contributed by atoms with Crippen molar-refractivity contribution in [2.45, 2.75) is 33.1 Å². The first-order chi connectivity index (χ1) is 13.6. The van der Waals surface area contributed by atoms with Gasteiger partial charge in [0, 0.05) is 31.3 Å². The number of piperidine rings is 1. The summed E-state index contributed by atoms with van der Waals surface area (Å²) in [7, 11) is 0. The van der Waals surface area contributed by atoms with Gasteiger partial charge < -0.3 is 9.42 Å². The number of hydrogen-bond acceptors (Lipinski definition) is 6. The molecule has 0 aliphatic carbocycles. The van der Waals surface area contributed by atoms with Crippen LogP contribution in [0.15, 0.2) is 41.2 Å². The van der Waals surface area contributed by atoms with Gasteiger partial charge in [0.2, 0.25) is 11.7 Å². The van der Waals surface area contributed by atoms with Crippen molar-refractivity contribution < 1.29 is 9.32 Å². The van der Waals surface area contributed by atoms with E-state index in [1.165, 1.54) is 0 Å². The first-order valence-electron chi connectivity index (χ1n) is 9.56. The van der Waals surface area contributed by atoms with Crippen LogP contribution in [0.3, 0.4) is 0 Å². The van der Waals surface area contributed by atoms with Gasteiger partial charge in [0.15, 0.2) is 0 Å². The van der Waals surface area contributed by atoms with E-state index < -0.39 is 0 Å². The molecule has 1 aliphatic heterocycles. The standard InChI is InChI=1S/C21H23N5O2/c1-14-6-3-4-8-17(14)20-24-19(28-25-20)10-16-7-5-9-26(13-16)21(27)18-12-22-15(2)11-23-18/h3-4,6,8,11-12,16H,5,7,9-10,13H2,1-2H3/t16-/m0/s1. The zero-order valence-electron chi connectivity index (χ0n) is 16.1. The number of amides is 1. The number of benzene rings is 1. The summed E-state index contributed by atoms with van der Waals surface area (Å²) in [6.07, 6.45) is 5.83. The SMILES string of the molecule is Cc1cnc(C(=O)N2CCC[C@@H](Cc3nc(-c4ccccc4C)no3)C2)cn1. The van der Waals surface area contributed by atoms with Crippen LogP contribution in [0.25, 0.3) is 11.4 Å². The molecule has 1 aliphatic rings. The van der Waals surface area contributed by atoms with Crippen molar-refractivity contribution >= 4 is 5.91 Å². The van der Waals surface area contributed by atoms with Gasteiger partial charge in [0.05, 0.1) is 11.9 Å². The molecule has 1 aromatic carbocycles. The van der Waals surface area contributed by atoms with Gasteiger partial charge in [-0.15, -0.1) is 0 Å². The van der Waals surface area contributed by atoms with Crippen molar-refractivity contribution in [2.75, 3.05) is 13.1 Å². The summed E-state index contributed by atoms with van der Waals surface area (Å²) >= 11 is 0. The second-order valence-electron chi connectivity index (χ2n) is 7.33. The maximum absolute atomic E-state index is 12.7. The Morgan fingerprint density at radius 1 is 1.21 bits per heavy atom. The first-order valence-corrected chi connectivity index (χ1v) is 9.56. The van der Waals surface area contributed by atoms with E-state index in [0.717, 1.165) is 36.2 Å². The summed E-state index contributed by atoms with van der Waals surface area (Å²) in [5, 5.41) is 4.14. The maximum Gasteiger partial charge on any atom is 0.274 e.